The number of rotatable bonds is 2. The second kappa shape index (κ2) is 4.45. The average molecular weight is 180 g/mol. The van der Waals surface area contributed by atoms with Crippen LogP contribution in [-0.2, 0) is 4.79 Å². The molecule has 0 aromatic rings. The highest BCUT2D eigenvalue weighted by atomic mass is 16.4. The van der Waals surface area contributed by atoms with Crippen molar-refractivity contribution in [3.8, 4) is 0 Å². The van der Waals surface area contributed by atoms with Crippen molar-refractivity contribution in [3.05, 3.63) is 23.4 Å². The van der Waals surface area contributed by atoms with E-state index >= 15 is 0 Å². The van der Waals surface area contributed by atoms with Gasteiger partial charge < -0.3 is 10.5 Å². The van der Waals surface area contributed by atoms with Gasteiger partial charge in [-0.25, -0.2) is 0 Å². The summed E-state index contributed by atoms with van der Waals surface area (Å²) in [5.41, 5.74) is 1.85. The van der Waals surface area contributed by atoms with E-state index in [0.29, 0.717) is 0 Å². The number of carbonyl (C=O) groups excluding carboxylic acids is 1. The third-order valence-electron chi connectivity index (χ3n) is 1.82. The maximum atomic E-state index is 11.0. The first-order chi connectivity index (χ1) is 6.24. The lowest BCUT2D eigenvalue weighted by Gasteiger charge is -2.12. The van der Waals surface area contributed by atoms with E-state index in [2.05, 4.69) is 16.5 Å². The summed E-state index contributed by atoms with van der Waals surface area (Å²) in [4.78, 5) is 11.0. The Morgan fingerprint density at radius 1 is 1.62 bits per heavy atom. The zero-order valence-electron chi connectivity index (χ0n) is 7.45. The van der Waals surface area contributed by atoms with Crippen LogP contribution in [0.1, 0.15) is 19.8 Å². The summed E-state index contributed by atoms with van der Waals surface area (Å²) < 4.78 is 0. The van der Waals surface area contributed by atoms with Gasteiger partial charge in [-0.2, -0.15) is 0 Å². The predicted octanol–water partition coefficient (Wildman–Crippen LogP) is 1.19. The standard InChI is InChI=1S/C9H12N2O2/c1-7-4-2-3-5-8(7)11-9(12)6-10-13/h4-6,13H,2-3H2,1H3,(H,11,12)/b10-6+. The van der Waals surface area contributed by atoms with Crippen LogP contribution in [0.3, 0.4) is 0 Å². The molecule has 1 rings (SSSR count). The molecule has 4 heteroatoms. The second-order valence-corrected chi connectivity index (χ2v) is 2.82. The third kappa shape index (κ3) is 2.74. The van der Waals surface area contributed by atoms with Crippen molar-refractivity contribution in [2.45, 2.75) is 19.8 Å². The van der Waals surface area contributed by atoms with Gasteiger partial charge in [0, 0.05) is 5.70 Å². The summed E-state index contributed by atoms with van der Waals surface area (Å²) in [6, 6.07) is 0. The van der Waals surface area contributed by atoms with Crippen molar-refractivity contribution in [2.24, 2.45) is 5.16 Å². The molecule has 0 atom stereocenters. The third-order valence-corrected chi connectivity index (χ3v) is 1.82. The van der Waals surface area contributed by atoms with Gasteiger partial charge in [-0.15, -0.1) is 0 Å². The molecule has 0 heterocycles. The number of hydrogen-bond donors (Lipinski definition) is 2. The highest BCUT2D eigenvalue weighted by molar-refractivity contribution is 6.26. The molecule has 0 spiro atoms. The number of nitrogens with one attached hydrogen (secondary N) is 1. The van der Waals surface area contributed by atoms with Crippen molar-refractivity contribution in [1.29, 1.82) is 0 Å². The minimum Gasteiger partial charge on any atom is -0.411 e. The van der Waals surface area contributed by atoms with Crippen LogP contribution in [-0.4, -0.2) is 17.3 Å². The van der Waals surface area contributed by atoms with Gasteiger partial charge in [0.1, 0.15) is 6.21 Å². The number of allylic oxidation sites excluding steroid dienone is 3. The molecule has 0 fully saturated rings. The number of amides is 1. The molecular weight excluding hydrogens is 168 g/mol. The Bertz CT molecular complexity index is 290. The van der Waals surface area contributed by atoms with Crippen molar-refractivity contribution in [1.82, 2.24) is 5.32 Å². The minimum absolute atomic E-state index is 0.414. The van der Waals surface area contributed by atoms with Crippen molar-refractivity contribution < 1.29 is 10.0 Å². The van der Waals surface area contributed by atoms with Crippen LogP contribution in [0.15, 0.2) is 28.6 Å². The predicted molar refractivity (Wildman–Crippen MR) is 49.5 cm³/mol. The first-order valence-electron chi connectivity index (χ1n) is 4.09. The van der Waals surface area contributed by atoms with Crippen LogP contribution < -0.4 is 5.32 Å². The SMILES string of the molecule is CC1=CCCC=C1NC(=O)/C=N/O. The molecule has 0 saturated carbocycles. The van der Waals surface area contributed by atoms with Crippen LogP contribution >= 0.6 is 0 Å². The second-order valence-electron chi connectivity index (χ2n) is 2.82. The fourth-order valence-corrected chi connectivity index (χ4v) is 1.17. The van der Waals surface area contributed by atoms with Crippen LogP contribution in [0, 0.1) is 0 Å². The monoisotopic (exact) mass is 180 g/mol. The zero-order valence-corrected chi connectivity index (χ0v) is 7.45. The van der Waals surface area contributed by atoms with Gasteiger partial charge in [0.25, 0.3) is 5.91 Å². The molecule has 0 unspecified atom stereocenters. The number of nitrogens with zero attached hydrogens (tertiary/aromatic N) is 1. The van der Waals surface area contributed by atoms with Gasteiger partial charge in [0.15, 0.2) is 0 Å². The summed E-state index contributed by atoms with van der Waals surface area (Å²) in [7, 11) is 0. The summed E-state index contributed by atoms with van der Waals surface area (Å²) >= 11 is 0. The average Bonchev–Trinajstić information content (AvgIpc) is 2.09. The minimum atomic E-state index is -0.414. The molecule has 2 N–H and O–H groups in total. The molecule has 0 saturated heterocycles. The largest absolute Gasteiger partial charge is 0.411 e. The van der Waals surface area contributed by atoms with E-state index in [9.17, 15) is 4.79 Å². The van der Waals surface area contributed by atoms with Crippen LogP contribution in [0.25, 0.3) is 0 Å². The molecule has 0 radical (unpaired) electrons. The molecule has 1 aliphatic carbocycles. The van der Waals surface area contributed by atoms with Crippen molar-refractivity contribution in [3.63, 3.8) is 0 Å². The summed E-state index contributed by atoms with van der Waals surface area (Å²) in [6.45, 7) is 1.93. The first kappa shape index (κ1) is 9.51. The van der Waals surface area contributed by atoms with Gasteiger partial charge in [-0.1, -0.05) is 17.3 Å². The molecule has 0 aromatic carbocycles. The van der Waals surface area contributed by atoms with E-state index in [4.69, 9.17) is 5.21 Å². The molecule has 0 aliphatic heterocycles. The molecule has 4 nitrogen and oxygen atoms in total. The molecule has 13 heavy (non-hydrogen) atoms. The Kier molecular flexibility index (Phi) is 3.25. The van der Waals surface area contributed by atoms with Crippen molar-refractivity contribution in [2.75, 3.05) is 0 Å². The highest BCUT2D eigenvalue weighted by Crippen LogP contribution is 2.14. The Labute approximate surface area is 76.6 Å². The fraction of sp³-hybridized carbons (Fsp3) is 0.333. The Morgan fingerprint density at radius 2 is 2.31 bits per heavy atom. The number of hydrogen-bond acceptors (Lipinski definition) is 3. The van der Waals surface area contributed by atoms with Gasteiger partial charge in [-0.3, -0.25) is 4.79 Å². The van der Waals surface area contributed by atoms with E-state index in [-0.39, 0.29) is 0 Å². The lowest BCUT2D eigenvalue weighted by molar-refractivity contribution is -0.113. The normalized spacial score (nSPS) is 16.7. The molecule has 70 valence electrons. The highest BCUT2D eigenvalue weighted by Gasteiger charge is 2.06. The summed E-state index contributed by atoms with van der Waals surface area (Å²) in [5.74, 6) is -0.414. The quantitative estimate of drug-likeness (QED) is 0.381. The maximum Gasteiger partial charge on any atom is 0.270 e. The van der Waals surface area contributed by atoms with Crippen LogP contribution in [0.4, 0.5) is 0 Å². The lowest BCUT2D eigenvalue weighted by atomic mass is 10.1. The zero-order chi connectivity index (χ0) is 9.68. The first-order valence-corrected chi connectivity index (χ1v) is 4.09. The van der Waals surface area contributed by atoms with Gasteiger partial charge in [0.2, 0.25) is 0 Å². The van der Waals surface area contributed by atoms with Crippen LogP contribution in [0.2, 0.25) is 0 Å². The lowest BCUT2D eigenvalue weighted by Crippen LogP contribution is -2.24. The molecule has 1 amide bonds. The summed E-state index contributed by atoms with van der Waals surface area (Å²) in [6.07, 6.45) is 6.80. The number of carbonyl (C=O) groups is 1. The molecule has 1 aliphatic rings. The Balaban J connectivity index is 2.58. The van der Waals surface area contributed by atoms with Gasteiger partial charge in [0.05, 0.1) is 0 Å². The topological polar surface area (TPSA) is 61.7 Å². The molecular formula is C9H12N2O2. The van der Waals surface area contributed by atoms with Gasteiger partial charge in [-0.05, 0) is 25.3 Å². The van der Waals surface area contributed by atoms with Crippen LogP contribution in [0.5, 0.6) is 0 Å². The van der Waals surface area contributed by atoms with E-state index in [1.54, 1.807) is 0 Å². The summed E-state index contributed by atoms with van der Waals surface area (Å²) in [5, 5.41) is 13.4. The molecule has 0 bridgehead atoms. The van der Waals surface area contributed by atoms with Gasteiger partial charge >= 0.3 is 0 Å². The molecule has 0 aromatic heterocycles. The Hall–Kier alpha value is -1.58. The van der Waals surface area contributed by atoms with E-state index in [0.717, 1.165) is 30.3 Å². The fourth-order valence-electron chi connectivity index (χ4n) is 1.17. The van der Waals surface area contributed by atoms with E-state index in [1.807, 2.05) is 13.0 Å². The van der Waals surface area contributed by atoms with Crippen molar-refractivity contribution >= 4 is 12.1 Å². The van der Waals surface area contributed by atoms with E-state index in [1.165, 1.54) is 0 Å². The Morgan fingerprint density at radius 3 is 2.92 bits per heavy atom. The van der Waals surface area contributed by atoms with E-state index < -0.39 is 5.91 Å². The number of oxime groups is 1. The smallest absolute Gasteiger partial charge is 0.270 e. The maximum absolute atomic E-state index is 11.0.